The molecule has 0 bridgehead atoms. The van der Waals surface area contributed by atoms with Crippen LogP contribution in [0.5, 0.6) is 0 Å². The molecule has 8 nitrogen and oxygen atoms in total. The zero-order chi connectivity index (χ0) is 32.2. The van der Waals surface area contributed by atoms with Gasteiger partial charge in [0, 0.05) is 19.6 Å². The van der Waals surface area contributed by atoms with Gasteiger partial charge in [0.25, 0.3) is 11.8 Å². The average Bonchev–Trinajstić information content (AvgIpc) is 3.70. The summed E-state index contributed by atoms with van der Waals surface area (Å²) >= 11 is 0. The highest BCUT2D eigenvalue weighted by molar-refractivity contribution is 6.21. The van der Waals surface area contributed by atoms with Gasteiger partial charge >= 0.3 is 0 Å². The number of hydrogen-bond acceptors (Lipinski definition) is 6. The lowest BCUT2D eigenvalue weighted by molar-refractivity contribution is -0.00865. The highest BCUT2D eigenvalue weighted by Crippen LogP contribution is 2.42. The van der Waals surface area contributed by atoms with E-state index in [4.69, 9.17) is 10.1 Å². The number of fused-ring (bicyclic) bond motifs is 1. The second kappa shape index (κ2) is 13.9. The van der Waals surface area contributed by atoms with E-state index >= 15 is 0 Å². The molecule has 1 N–H and O–H groups in total. The fourth-order valence-corrected chi connectivity index (χ4v) is 7.82. The third-order valence-corrected chi connectivity index (χ3v) is 10.7. The number of imide groups is 1. The molecule has 244 valence electrons. The number of piperidine rings is 1. The first kappa shape index (κ1) is 31.5. The highest BCUT2D eigenvalue weighted by Gasteiger charge is 2.44. The first-order chi connectivity index (χ1) is 23.0. The fraction of sp³-hybridized carbons (Fsp3) is 0.436. The van der Waals surface area contributed by atoms with Crippen LogP contribution in [0.4, 0.5) is 0 Å². The lowest BCUT2D eigenvalue weighted by Gasteiger charge is -2.37. The molecule has 8 heteroatoms. The maximum atomic E-state index is 12.7. The molecule has 47 heavy (non-hydrogen) atoms. The van der Waals surface area contributed by atoms with Crippen LogP contribution in [-0.4, -0.2) is 67.7 Å². The van der Waals surface area contributed by atoms with Gasteiger partial charge in [0.15, 0.2) is 11.4 Å². The van der Waals surface area contributed by atoms with Gasteiger partial charge in [0.1, 0.15) is 6.33 Å². The molecule has 0 radical (unpaired) electrons. The molecule has 2 amide bonds. The minimum atomic E-state index is -1.15. The molecule has 1 saturated heterocycles. The molecule has 0 spiro atoms. The Kier molecular flexibility index (Phi) is 9.32. The van der Waals surface area contributed by atoms with E-state index < -0.39 is 5.60 Å². The molecule has 3 aromatic carbocycles. The second-order valence-corrected chi connectivity index (χ2v) is 13.7. The minimum absolute atomic E-state index is 0.138. The van der Waals surface area contributed by atoms with Crippen LogP contribution in [0.3, 0.4) is 0 Å². The second-order valence-electron chi connectivity index (χ2n) is 13.7. The summed E-state index contributed by atoms with van der Waals surface area (Å²) in [5.74, 6) is 0.840. The summed E-state index contributed by atoms with van der Waals surface area (Å²) in [6.45, 7) is 4.39. The van der Waals surface area contributed by atoms with Gasteiger partial charge in [0.2, 0.25) is 0 Å². The smallest absolute Gasteiger partial charge is 0.261 e. The number of aromatic nitrogens is 3. The summed E-state index contributed by atoms with van der Waals surface area (Å²) in [5, 5.41) is 17.0. The minimum Gasteiger partial charge on any atom is -0.377 e. The maximum absolute atomic E-state index is 12.7. The molecule has 4 aromatic rings. The summed E-state index contributed by atoms with van der Waals surface area (Å²) < 4.78 is 1.96. The molecule has 1 saturated carbocycles. The molecule has 3 heterocycles. The number of benzene rings is 3. The number of carbonyl (C=O) groups excluding carboxylic acids is 2. The van der Waals surface area contributed by atoms with Crippen molar-refractivity contribution in [2.75, 3.05) is 26.2 Å². The van der Waals surface area contributed by atoms with Crippen molar-refractivity contribution < 1.29 is 14.7 Å². The van der Waals surface area contributed by atoms with Crippen molar-refractivity contribution in [1.82, 2.24) is 24.6 Å². The monoisotopic (exact) mass is 631 g/mol. The van der Waals surface area contributed by atoms with E-state index in [1.54, 1.807) is 24.3 Å². The van der Waals surface area contributed by atoms with Crippen LogP contribution in [-0.2, 0) is 25.0 Å². The topological polar surface area (TPSA) is 91.6 Å². The standard InChI is InChI=1S/C39H45N5O3/c45-36-34-13-7-8-14-35(34)37(46)44(36)26-22-30-17-15-29(16-18-30)19-23-42-24-20-31(21-25-42)27-43-28-40-38(41-43)39(47,32-9-3-1-4-10-32)33-11-5-2-6-12-33/h1,3-4,7-10,13-18,28,31,33,47H,2,5-6,11-12,19-27H2/t39-/m0/s1. The average molecular weight is 632 g/mol. The largest absolute Gasteiger partial charge is 0.377 e. The van der Waals surface area contributed by atoms with Crippen LogP contribution in [0, 0.1) is 11.8 Å². The third-order valence-electron chi connectivity index (χ3n) is 10.7. The van der Waals surface area contributed by atoms with Crippen molar-refractivity contribution in [3.63, 3.8) is 0 Å². The van der Waals surface area contributed by atoms with E-state index in [-0.39, 0.29) is 17.7 Å². The molecule has 0 unspecified atom stereocenters. The Bertz CT molecular complexity index is 1640. The Labute approximate surface area is 277 Å². The number of hydrogen-bond donors (Lipinski definition) is 1. The molecule has 1 aliphatic carbocycles. The quantitative estimate of drug-likeness (QED) is 0.208. The normalized spacial score (nSPS) is 19.2. The van der Waals surface area contributed by atoms with Gasteiger partial charge in [0.05, 0.1) is 11.1 Å². The van der Waals surface area contributed by atoms with Gasteiger partial charge < -0.3 is 10.0 Å². The zero-order valence-corrected chi connectivity index (χ0v) is 27.1. The molecule has 2 aliphatic heterocycles. The van der Waals surface area contributed by atoms with E-state index in [1.807, 2.05) is 41.3 Å². The van der Waals surface area contributed by atoms with E-state index in [0.717, 1.165) is 82.3 Å². The van der Waals surface area contributed by atoms with Crippen LogP contribution >= 0.6 is 0 Å². The van der Waals surface area contributed by atoms with Crippen molar-refractivity contribution in [3.8, 4) is 0 Å². The number of likely N-dealkylation sites (tertiary alicyclic amines) is 1. The van der Waals surface area contributed by atoms with Gasteiger partial charge in [-0.15, -0.1) is 0 Å². The molecule has 7 rings (SSSR count). The van der Waals surface area contributed by atoms with Crippen LogP contribution in [0.2, 0.25) is 0 Å². The van der Waals surface area contributed by atoms with Crippen LogP contribution in [0.25, 0.3) is 0 Å². The summed E-state index contributed by atoms with van der Waals surface area (Å²) in [7, 11) is 0. The molecular weight excluding hydrogens is 586 g/mol. The Balaban J connectivity index is 0.874. The predicted octanol–water partition coefficient (Wildman–Crippen LogP) is 5.89. The predicted molar refractivity (Wildman–Crippen MR) is 181 cm³/mol. The molecular formula is C39H45N5O3. The molecule has 2 fully saturated rings. The van der Waals surface area contributed by atoms with Crippen LogP contribution in [0.1, 0.15) is 88.2 Å². The summed E-state index contributed by atoms with van der Waals surface area (Å²) in [4.78, 5) is 33.9. The Morgan fingerprint density at radius 2 is 1.32 bits per heavy atom. The van der Waals surface area contributed by atoms with Gasteiger partial charge in [-0.05, 0) is 92.3 Å². The number of carbonyl (C=O) groups is 2. The van der Waals surface area contributed by atoms with Crippen molar-refractivity contribution in [2.45, 2.75) is 69.9 Å². The molecule has 1 aromatic heterocycles. The van der Waals surface area contributed by atoms with Gasteiger partial charge in [-0.3, -0.25) is 19.2 Å². The number of nitrogens with zero attached hydrogens (tertiary/aromatic N) is 5. The highest BCUT2D eigenvalue weighted by atomic mass is 16.3. The Morgan fingerprint density at radius 3 is 1.96 bits per heavy atom. The van der Waals surface area contributed by atoms with Crippen molar-refractivity contribution >= 4 is 11.8 Å². The van der Waals surface area contributed by atoms with Crippen LogP contribution < -0.4 is 0 Å². The van der Waals surface area contributed by atoms with E-state index in [9.17, 15) is 14.7 Å². The number of aliphatic hydroxyl groups is 1. The lowest BCUT2D eigenvalue weighted by atomic mass is 9.73. The van der Waals surface area contributed by atoms with Crippen molar-refractivity contribution in [2.24, 2.45) is 11.8 Å². The summed E-state index contributed by atoms with van der Waals surface area (Å²) in [6.07, 6.45) is 11.2. The third kappa shape index (κ3) is 6.67. The van der Waals surface area contributed by atoms with E-state index in [1.165, 1.54) is 16.9 Å². The first-order valence-corrected chi connectivity index (χ1v) is 17.4. The zero-order valence-electron chi connectivity index (χ0n) is 27.1. The van der Waals surface area contributed by atoms with Gasteiger partial charge in [-0.1, -0.05) is 86.0 Å². The summed E-state index contributed by atoms with van der Waals surface area (Å²) in [5.41, 5.74) is 3.19. The van der Waals surface area contributed by atoms with Crippen molar-refractivity contribution in [3.05, 3.63) is 119 Å². The molecule has 1 atom stereocenters. The van der Waals surface area contributed by atoms with Crippen molar-refractivity contribution in [1.29, 1.82) is 0 Å². The Hall–Kier alpha value is -4.14. The van der Waals surface area contributed by atoms with Crippen LogP contribution in [0.15, 0.2) is 85.2 Å². The first-order valence-electron chi connectivity index (χ1n) is 17.4. The van der Waals surface area contributed by atoms with Gasteiger partial charge in [-0.25, -0.2) is 4.98 Å². The van der Waals surface area contributed by atoms with E-state index in [2.05, 4.69) is 29.2 Å². The maximum Gasteiger partial charge on any atom is 0.261 e. The molecule has 3 aliphatic rings. The lowest BCUT2D eigenvalue weighted by Crippen LogP contribution is -2.39. The fourth-order valence-electron chi connectivity index (χ4n) is 7.82. The SMILES string of the molecule is O=C1c2ccccc2C(=O)N1CCc1ccc(CCN2CCC(Cn3cnc([C@](O)(c4ccccc4)C4CCCCC4)n3)CC2)cc1. The number of amides is 2. The summed E-state index contributed by atoms with van der Waals surface area (Å²) in [6, 6.07) is 25.7. The van der Waals surface area contributed by atoms with Gasteiger partial charge in [-0.2, -0.15) is 5.10 Å². The number of rotatable bonds is 11. The van der Waals surface area contributed by atoms with E-state index in [0.29, 0.717) is 35.8 Å². The Morgan fingerprint density at radius 1 is 0.723 bits per heavy atom.